The molecule has 1 amide bonds. The van der Waals surface area contributed by atoms with Gasteiger partial charge in [0.2, 0.25) is 0 Å². The lowest BCUT2D eigenvalue weighted by atomic mass is 10.2. The van der Waals surface area contributed by atoms with E-state index in [1.54, 1.807) is 37.5 Å². The quantitative estimate of drug-likeness (QED) is 0.471. The highest BCUT2D eigenvalue weighted by Crippen LogP contribution is 2.47. The molecule has 2 aliphatic carbocycles. The van der Waals surface area contributed by atoms with Crippen LogP contribution in [0, 0.1) is 6.92 Å². The Bertz CT molecular complexity index is 743. The van der Waals surface area contributed by atoms with Crippen LogP contribution in [0.5, 0.6) is 11.5 Å². The Morgan fingerprint density at radius 1 is 1.08 bits per heavy atom. The molecule has 2 rings (SSSR count). The Kier molecular flexibility index (Phi) is 6.19. The van der Waals surface area contributed by atoms with Crippen molar-refractivity contribution in [3.8, 4) is 22.6 Å². The van der Waals surface area contributed by atoms with E-state index in [1.165, 1.54) is 6.07 Å². The Labute approximate surface area is 145 Å². The zero-order chi connectivity index (χ0) is 18.4. The van der Waals surface area contributed by atoms with Crippen LogP contribution in [-0.2, 0) is 4.74 Å². The van der Waals surface area contributed by atoms with E-state index in [-0.39, 0.29) is 12.2 Å². The van der Waals surface area contributed by atoms with Gasteiger partial charge in [-0.15, -0.1) is 0 Å². The van der Waals surface area contributed by atoms with E-state index < -0.39 is 12.1 Å². The number of ether oxygens (including phenoxy) is 3. The van der Waals surface area contributed by atoms with Gasteiger partial charge in [-0.25, -0.2) is 10.3 Å². The maximum Gasteiger partial charge on any atom is 0.513 e. The fourth-order valence-corrected chi connectivity index (χ4v) is 2.45. The maximum atomic E-state index is 11.7. The van der Waals surface area contributed by atoms with Crippen LogP contribution in [0.3, 0.4) is 0 Å². The molecule has 7 heteroatoms. The summed E-state index contributed by atoms with van der Waals surface area (Å²) >= 11 is 0. The van der Waals surface area contributed by atoms with Crippen LogP contribution in [0.25, 0.3) is 11.1 Å². The van der Waals surface area contributed by atoms with E-state index in [2.05, 4.69) is 0 Å². The average Bonchev–Trinajstić information content (AvgIpc) is 2.75. The molecule has 0 unspecified atom stereocenters. The van der Waals surface area contributed by atoms with E-state index in [4.69, 9.17) is 19.4 Å². The van der Waals surface area contributed by atoms with Gasteiger partial charge in [0.15, 0.2) is 0 Å². The average molecular weight is 347 g/mol. The lowest BCUT2D eigenvalue weighted by Crippen LogP contribution is -2.17. The number of fused-ring (bicyclic) bond motifs is 1. The molecule has 0 aromatic heterocycles. The van der Waals surface area contributed by atoms with Crippen LogP contribution in [0.15, 0.2) is 24.3 Å². The Balaban J connectivity index is 2.56. The van der Waals surface area contributed by atoms with Crippen LogP contribution in [0.4, 0.5) is 4.79 Å². The minimum Gasteiger partial charge on any atom is -0.493 e. The molecule has 0 heterocycles. The predicted molar refractivity (Wildman–Crippen MR) is 90.5 cm³/mol. The first-order chi connectivity index (χ1) is 12.0. The first-order valence-electron chi connectivity index (χ1n) is 8.01. The summed E-state index contributed by atoms with van der Waals surface area (Å²) in [5, 5.41) is 8.80. The van der Waals surface area contributed by atoms with Gasteiger partial charge in [0.05, 0.1) is 13.2 Å². The summed E-state index contributed by atoms with van der Waals surface area (Å²) in [7, 11) is 0. The molecule has 0 bridgehead atoms. The second-order valence-corrected chi connectivity index (χ2v) is 5.31. The van der Waals surface area contributed by atoms with Gasteiger partial charge in [0, 0.05) is 22.3 Å². The number of amides is 1. The van der Waals surface area contributed by atoms with Crippen molar-refractivity contribution in [2.75, 3.05) is 13.2 Å². The van der Waals surface area contributed by atoms with E-state index in [0.29, 0.717) is 34.8 Å². The lowest BCUT2D eigenvalue weighted by molar-refractivity contribution is 0.0706. The van der Waals surface area contributed by atoms with E-state index >= 15 is 0 Å². The molecule has 0 atom stereocenters. The summed E-state index contributed by atoms with van der Waals surface area (Å²) in [5.41, 5.74) is 3.82. The molecule has 0 fully saturated rings. The fraction of sp³-hybridized carbons (Fsp3) is 0.333. The van der Waals surface area contributed by atoms with E-state index in [1.807, 2.05) is 6.92 Å². The number of rotatable bonds is 6. The molecular weight excluding hydrogens is 326 g/mol. The molecule has 2 N–H and O–H groups in total. The van der Waals surface area contributed by atoms with Crippen LogP contribution in [-0.4, -0.2) is 30.5 Å². The highest BCUT2D eigenvalue weighted by molar-refractivity contribution is 5.95. The third-order valence-electron chi connectivity index (χ3n) is 3.58. The van der Waals surface area contributed by atoms with Crippen LogP contribution < -0.4 is 15.0 Å². The zero-order valence-corrected chi connectivity index (χ0v) is 14.4. The van der Waals surface area contributed by atoms with Crippen LogP contribution in [0.2, 0.25) is 0 Å². The summed E-state index contributed by atoms with van der Waals surface area (Å²) in [5.74, 6) is 0.270. The first-order valence-corrected chi connectivity index (χ1v) is 8.01. The number of hydroxylamine groups is 1. The molecular formula is C18H21NO6. The molecule has 0 saturated carbocycles. The molecule has 0 saturated heterocycles. The van der Waals surface area contributed by atoms with Crippen LogP contribution in [0.1, 0.15) is 36.2 Å². The van der Waals surface area contributed by atoms with Crippen molar-refractivity contribution in [2.45, 2.75) is 27.2 Å². The predicted octanol–water partition coefficient (Wildman–Crippen LogP) is 3.54. The van der Waals surface area contributed by atoms with Crippen LogP contribution >= 0.6 is 0 Å². The highest BCUT2D eigenvalue weighted by atomic mass is 16.7. The van der Waals surface area contributed by atoms with Gasteiger partial charge in [0.25, 0.3) is 5.91 Å². The van der Waals surface area contributed by atoms with Gasteiger partial charge in [-0.1, -0.05) is 6.92 Å². The molecule has 0 aliphatic heterocycles. The molecule has 0 spiro atoms. The van der Waals surface area contributed by atoms with Crippen molar-refractivity contribution in [1.29, 1.82) is 0 Å². The fourth-order valence-electron chi connectivity index (χ4n) is 2.45. The van der Waals surface area contributed by atoms with Gasteiger partial charge in [0.1, 0.15) is 11.5 Å². The first kappa shape index (κ1) is 18.5. The summed E-state index contributed by atoms with van der Waals surface area (Å²) in [6.07, 6.45) is 0.0106. The third kappa shape index (κ3) is 4.00. The Morgan fingerprint density at radius 2 is 1.72 bits per heavy atom. The summed E-state index contributed by atoms with van der Waals surface area (Å²) in [4.78, 5) is 23.4. The van der Waals surface area contributed by atoms with Crippen molar-refractivity contribution in [2.24, 2.45) is 0 Å². The number of carbonyl (C=O) groups excluding carboxylic acids is 2. The standard InChI is InChI=1S/C18H21NO6/c1-4-10-24-15-11(3)16(25-18(21)23-5-2)14-9-7-12(17(20)19-22)6-8-13(14)15/h6-9,22H,4-5,10H2,1-3H3,(H,19,20). The second kappa shape index (κ2) is 8.34. The summed E-state index contributed by atoms with van der Waals surface area (Å²) < 4.78 is 16.0. The number of carbonyl (C=O) groups is 2. The molecule has 2 aliphatic rings. The Morgan fingerprint density at radius 3 is 2.28 bits per heavy atom. The SMILES string of the molecule is CCCOc1c2ccc(C(=O)NO)ccc-2c(OC(=O)OCC)c1C. The van der Waals surface area contributed by atoms with Gasteiger partial charge in [-0.05, 0) is 44.5 Å². The summed E-state index contributed by atoms with van der Waals surface area (Å²) in [6, 6.07) is 6.41. The zero-order valence-electron chi connectivity index (χ0n) is 14.4. The molecule has 134 valence electrons. The molecule has 25 heavy (non-hydrogen) atoms. The topological polar surface area (TPSA) is 94.1 Å². The minimum absolute atomic E-state index is 0.199. The summed E-state index contributed by atoms with van der Waals surface area (Å²) in [6.45, 7) is 6.17. The smallest absolute Gasteiger partial charge is 0.493 e. The number of hydrogen-bond acceptors (Lipinski definition) is 6. The second-order valence-electron chi connectivity index (χ2n) is 5.31. The molecule has 0 aromatic carbocycles. The maximum absolute atomic E-state index is 11.7. The lowest BCUT2D eigenvalue weighted by Gasteiger charge is -2.06. The number of hydrogen-bond donors (Lipinski definition) is 2. The monoisotopic (exact) mass is 347 g/mol. The Hall–Kier alpha value is -2.80. The number of nitrogens with one attached hydrogen (secondary N) is 1. The van der Waals surface area contributed by atoms with Crippen molar-refractivity contribution in [3.63, 3.8) is 0 Å². The van der Waals surface area contributed by atoms with Gasteiger partial charge < -0.3 is 14.2 Å². The normalized spacial score (nSPS) is 10.4. The van der Waals surface area contributed by atoms with E-state index in [9.17, 15) is 9.59 Å². The molecule has 0 aromatic rings. The van der Waals surface area contributed by atoms with Crippen molar-refractivity contribution < 1.29 is 29.0 Å². The van der Waals surface area contributed by atoms with Crippen molar-refractivity contribution >= 4 is 12.1 Å². The minimum atomic E-state index is -0.806. The van der Waals surface area contributed by atoms with Crippen molar-refractivity contribution in [3.05, 3.63) is 35.4 Å². The molecule has 0 radical (unpaired) electrons. The largest absolute Gasteiger partial charge is 0.513 e. The van der Waals surface area contributed by atoms with E-state index in [0.717, 1.165) is 6.42 Å². The van der Waals surface area contributed by atoms with Gasteiger partial charge in [-0.3, -0.25) is 10.0 Å². The van der Waals surface area contributed by atoms with Gasteiger partial charge in [-0.2, -0.15) is 0 Å². The molecule has 7 nitrogen and oxygen atoms in total. The van der Waals surface area contributed by atoms with Crippen molar-refractivity contribution in [1.82, 2.24) is 5.48 Å². The van der Waals surface area contributed by atoms with Gasteiger partial charge >= 0.3 is 6.16 Å². The highest BCUT2D eigenvalue weighted by Gasteiger charge is 2.25. The third-order valence-corrected chi connectivity index (χ3v) is 3.58.